The molecule has 2 heteroatoms. The SMILES string of the molecule is C[C@H](N)c1ccccc1-c1ccncc1. The molecule has 0 unspecified atom stereocenters. The first kappa shape index (κ1) is 9.87. The van der Waals surface area contributed by atoms with E-state index in [0.717, 1.165) is 5.56 Å². The maximum Gasteiger partial charge on any atom is 0.0273 e. The molecule has 1 heterocycles. The summed E-state index contributed by atoms with van der Waals surface area (Å²) in [4.78, 5) is 4.01. The number of benzene rings is 1. The lowest BCUT2D eigenvalue weighted by atomic mass is 9.97. The molecule has 2 N–H and O–H groups in total. The highest BCUT2D eigenvalue weighted by Crippen LogP contribution is 2.26. The van der Waals surface area contributed by atoms with Gasteiger partial charge in [-0.05, 0) is 35.7 Å². The summed E-state index contributed by atoms with van der Waals surface area (Å²) in [6.07, 6.45) is 3.60. The van der Waals surface area contributed by atoms with Crippen molar-refractivity contribution in [2.45, 2.75) is 13.0 Å². The van der Waals surface area contributed by atoms with Gasteiger partial charge in [0.1, 0.15) is 0 Å². The molecule has 0 amide bonds. The predicted octanol–water partition coefficient (Wildman–Crippen LogP) is 2.77. The molecule has 1 aromatic carbocycles. The van der Waals surface area contributed by atoms with Gasteiger partial charge in [0.05, 0.1) is 0 Å². The molecule has 0 saturated carbocycles. The Balaban J connectivity index is 2.53. The molecule has 0 aliphatic rings. The first-order valence-electron chi connectivity index (χ1n) is 5.04. The third kappa shape index (κ3) is 2.05. The van der Waals surface area contributed by atoms with E-state index in [1.54, 1.807) is 12.4 Å². The van der Waals surface area contributed by atoms with Gasteiger partial charge in [-0.3, -0.25) is 4.98 Å². The van der Waals surface area contributed by atoms with E-state index >= 15 is 0 Å². The van der Waals surface area contributed by atoms with Crippen molar-refractivity contribution in [1.82, 2.24) is 4.98 Å². The Morgan fingerprint density at radius 2 is 1.73 bits per heavy atom. The smallest absolute Gasteiger partial charge is 0.0273 e. The van der Waals surface area contributed by atoms with Gasteiger partial charge >= 0.3 is 0 Å². The molecule has 0 radical (unpaired) electrons. The summed E-state index contributed by atoms with van der Waals surface area (Å²) in [5.41, 5.74) is 9.46. The van der Waals surface area contributed by atoms with Gasteiger partial charge in [0.2, 0.25) is 0 Å². The lowest BCUT2D eigenvalue weighted by Crippen LogP contribution is -2.06. The minimum atomic E-state index is 0.0503. The Bertz CT molecular complexity index is 435. The van der Waals surface area contributed by atoms with Gasteiger partial charge in [0, 0.05) is 18.4 Å². The Labute approximate surface area is 89.8 Å². The summed E-state index contributed by atoms with van der Waals surface area (Å²) < 4.78 is 0. The lowest BCUT2D eigenvalue weighted by Gasteiger charge is -2.12. The second-order valence-corrected chi connectivity index (χ2v) is 3.61. The highest BCUT2D eigenvalue weighted by molar-refractivity contribution is 5.67. The minimum absolute atomic E-state index is 0.0503. The van der Waals surface area contributed by atoms with E-state index in [0.29, 0.717) is 0 Å². The van der Waals surface area contributed by atoms with Crippen LogP contribution in [0.2, 0.25) is 0 Å². The maximum absolute atomic E-state index is 5.94. The van der Waals surface area contributed by atoms with E-state index in [-0.39, 0.29) is 6.04 Å². The summed E-state index contributed by atoms with van der Waals surface area (Å²) in [5, 5.41) is 0. The van der Waals surface area contributed by atoms with Crippen LogP contribution in [-0.4, -0.2) is 4.98 Å². The quantitative estimate of drug-likeness (QED) is 0.805. The Kier molecular flexibility index (Phi) is 2.79. The van der Waals surface area contributed by atoms with Gasteiger partial charge < -0.3 is 5.73 Å². The van der Waals surface area contributed by atoms with Crippen LogP contribution in [0.1, 0.15) is 18.5 Å². The molecule has 15 heavy (non-hydrogen) atoms. The Morgan fingerprint density at radius 1 is 1.07 bits per heavy atom. The number of aromatic nitrogens is 1. The highest BCUT2D eigenvalue weighted by atomic mass is 14.6. The molecule has 2 aromatic rings. The Hall–Kier alpha value is -1.67. The van der Waals surface area contributed by atoms with E-state index in [2.05, 4.69) is 17.1 Å². The number of hydrogen-bond donors (Lipinski definition) is 1. The van der Waals surface area contributed by atoms with E-state index in [9.17, 15) is 0 Å². The normalized spacial score (nSPS) is 12.4. The fourth-order valence-corrected chi connectivity index (χ4v) is 1.69. The van der Waals surface area contributed by atoms with Gasteiger partial charge in [-0.25, -0.2) is 0 Å². The second kappa shape index (κ2) is 4.24. The van der Waals surface area contributed by atoms with Crippen molar-refractivity contribution in [2.75, 3.05) is 0 Å². The highest BCUT2D eigenvalue weighted by Gasteiger charge is 2.06. The summed E-state index contributed by atoms with van der Waals surface area (Å²) in [7, 11) is 0. The van der Waals surface area contributed by atoms with E-state index in [4.69, 9.17) is 5.73 Å². The van der Waals surface area contributed by atoms with Crippen molar-refractivity contribution in [3.8, 4) is 11.1 Å². The number of hydrogen-bond acceptors (Lipinski definition) is 2. The molecule has 1 atom stereocenters. The van der Waals surface area contributed by atoms with Crippen LogP contribution in [-0.2, 0) is 0 Å². The largest absolute Gasteiger partial charge is 0.324 e. The first-order chi connectivity index (χ1) is 7.29. The van der Waals surface area contributed by atoms with Crippen molar-refractivity contribution < 1.29 is 0 Å². The van der Waals surface area contributed by atoms with Gasteiger partial charge in [-0.1, -0.05) is 24.3 Å². The molecule has 0 aliphatic carbocycles. The zero-order chi connectivity index (χ0) is 10.7. The minimum Gasteiger partial charge on any atom is -0.324 e. The van der Waals surface area contributed by atoms with E-state index in [1.807, 2.05) is 31.2 Å². The van der Waals surface area contributed by atoms with Crippen molar-refractivity contribution >= 4 is 0 Å². The monoisotopic (exact) mass is 198 g/mol. The number of rotatable bonds is 2. The fraction of sp³-hybridized carbons (Fsp3) is 0.154. The van der Waals surface area contributed by atoms with Crippen LogP contribution in [0.25, 0.3) is 11.1 Å². The summed E-state index contributed by atoms with van der Waals surface area (Å²) in [6, 6.07) is 12.3. The van der Waals surface area contributed by atoms with Crippen LogP contribution in [0.15, 0.2) is 48.8 Å². The molecule has 0 aliphatic heterocycles. The van der Waals surface area contributed by atoms with E-state index < -0.39 is 0 Å². The molecule has 0 bridgehead atoms. The molecule has 1 aromatic heterocycles. The lowest BCUT2D eigenvalue weighted by molar-refractivity contribution is 0.820. The molecular weight excluding hydrogens is 184 g/mol. The number of nitrogens with two attached hydrogens (primary N) is 1. The van der Waals surface area contributed by atoms with Crippen LogP contribution in [0.5, 0.6) is 0 Å². The van der Waals surface area contributed by atoms with Crippen LogP contribution < -0.4 is 5.73 Å². The zero-order valence-electron chi connectivity index (χ0n) is 8.72. The van der Waals surface area contributed by atoms with Gasteiger partial charge in [-0.2, -0.15) is 0 Å². The second-order valence-electron chi connectivity index (χ2n) is 3.61. The van der Waals surface area contributed by atoms with Gasteiger partial charge in [0.25, 0.3) is 0 Å². The molecular formula is C13H14N2. The molecule has 2 nitrogen and oxygen atoms in total. The third-order valence-corrected chi connectivity index (χ3v) is 2.44. The van der Waals surface area contributed by atoms with Crippen molar-refractivity contribution in [3.05, 3.63) is 54.4 Å². The zero-order valence-corrected chi connectivity index (χ0v) is 8.72. The number of nitrogens with zero attached hydrogens (tertiary/aromatic N) is 1. The van der Waals surface area contributed by atoms with E-state index in [1.165, 1.54) is 11.1 Å². The molecule has 2 rings (SSSR count). The first-order valence-corrected chi connectivity index (χ1v) is 5.04. The van der Waals surface area contributed by atoms with Crippen LogP contribution >= 0.6 is 0 Å². The molecule has 0 fully saturated rings. The topological polar surface area (TPSA) is 38.9 Å². The van der Waals surface area contributed by atoms with Gasteiger partial charge in [0.15, 0.2) is 0 Å². The maximum atomic E-state index is 5.94. The average molecular weight is 198 g/mol. The van der Waals surface area contributed by atoms with Crippen LogP contribution in [0.4, 0.5) is 0 Å². The number of pyridine rings is 1. The summed E-state index contributed by atoms with van der Waals surface area (Å²) in [6.45, 7) is 2.00. The average Bonchev–Trinajstić information content (AvgIpc) is 2.30. The van der Waals surface area contributed by atoms with Crippen LogP contribution in [0.3, 0.4) is 0 Å². The summed E-state index contributed by atoms with van der Waals surface area (Å²) >= 11 is 0. The standard InChI is InChI=1S/C13H14N2/c1-10(14)12-4-2-3-5-13(12)11-6-8-15-9-7-11/h2-10H,14H2,1H3/t10-/m0/s1. The van der Waals surface area contributed by atoms with Crippen LogP contribution in [0, 0.1) is 0 Å². The Morgan fingerprint density at radius 3 is 2.40 bits per heavy atom. The predicted molar refractivity (Wildman–Crippen MR) is 62.3 cm³/mol. The molecule has 0 spiro atoms. The molecule has 76 valence electrons. The fourth-order valence-electron chi connectivity index (χ4n) is 1.69. The third-order valence-electron chi connectivity index (χ3n) is 2.44. The van der Waals surface area contributed by atoms with Crippen molar-refractivity contribution in [3.63, 3.8) is 0 Å². The van der Waals surface area contributed by atoms with Crippen molar-refractivity contribution in [2.24, 2.45) is 5.73 Å². The van der Waals surface area contributed by atoms with Gasteiger partial charge in [-0.15, -0.1) is 0 Å². The molecule has 0 saturated heterocycles. The summed E-state index contributed by atoms with van der Waals surface area (Å²) in [5.74, 6) is 0. The van der Waals surface area contributed by atoms with Crippen molar-refractivity contribution in [1.29, 1.82) is 0 Å².